The summed E-state index contributed by atoms with van der Waals surface area (Å²) in [5, 5.41) is 23.8. The number of aromatic carboxylic acids is 1. The summed E-state index contributed by atoms with van der Waals surface area (Å²) in [6.45, 7) is 1.42. The monoisotopic (exact) mass is 373 g/mol. The van der Waals surface area contributed by atoms with E-state index in [9.17, 15) is 15.2 Å². The molecule has 1 saturated heterocycles. The summed E-state index contributed by atoms with van der Waals surface area (Å²) in [5.41, 5.74) is 2.27. The van der Waals surface area contributed by atoms with Crippen molar-refractivity contribution in [3.05, 3.63) is 59.8 Å². The van der Waals surface area contributed by atoms with Crippen LogP contribution in [0, 0.1) is 11.3 Å². The highest BCUT2D eigenvalue weighted by Crippen LogP contribution is 2.34. The Balaban J connectivity index is 1.81. The van der Waals surface area contributed by atoms with Crippen LogP contribution in [0.5, 0.6) is 0 Å². The number of ether oxygens (including phenoxy) is 1. The van der Waals surface area contributed by atoms with Crippen molar-refractivity contribution in [2.75, 3.05) is 18.5 Å². The fraction of sp³-hybridized carbons (Fsp3) is 0.227. The number of pyridine rings is 1. The molecule has 1 aliphatic heterocycles. The molecule has 4 rings (SSSR count). The molecule has 1 fully saturated rings. The Bertz CT molecular complexity index is 1080. The lowest BCUT2D eigenvalue weighted by Gasteiger charge is -2.16. The zero-order chi connectivity index (χ0) is 19.5. The molecule has 0 spiro atoms. The molecule has 2 heterocycles. The van der Waals surface area contributed by atoms with Crippen molar-refractivity contribution < 1.29 is 14.6 Å². The smallest absolute Gasteiger partial charge is 0.335 e. The average molecular weight is 373 g/mol. The second kappa shape index (κ2) is 7.67. The van der Waals surface area contributed by atoms with Crippen LogP contribution in [-0.2, 0) is 4.74 Å². The number of hydrogen-bond acceptors (Lipinski definition) is 5. The van der Waals surface area contributed by atoms with Gasteiger partial charge in [-0.2, -0.15) is 5.26 Å². The maximum atomic E-state index is 11.3. The summed E-state index contributed by atoms with van der Waals surface area (Å²) in [6, 6.07) is 14.5. The zero-order valence-corrected chi connectivity index (χ0v) is 15.2. The van der Waals surface area contributed by atoms with Crippen molar-refractivity contribution in [3.63, 3.8) is 0 Å². The van der Waals surface area contributed by atoms with Crippen LogP contribution < -0.4 is 5.32 Å². The molecule has 2 aromatic carbocycles. The quantitative estimate of drug-likeness (QED) is 0.700. The van der Waals surface area contributed by atoms with E-state index in [1.54, 1.807) is 30.5 Å². The van der Waals surface area contributed by atoms with Gasteiger partial charge in [-0.25, -0.2) is 9.78 Å². The Morgan fingerprint density at radius 1 is 1.32 bits per heavy atom. The van der Waals surface area contributed by atoms with E-state index >= 15 is 0 Å². The van der Waals surface area contributed by atoms with Crippen molar-refractivity contribution in [2.45, 2.75) is 18.9 Å². The number of rotatable bonds is 5. The molecule has 2 N–H and O–H groups in total. The van der Waals surface area contributed by atoms with Gasteiger partial charge in [0.25, 0.3) is 0 Å². The number of anilines is 1. The van der Waals surface area contributed by atoms with Gasteiger partial charge in [0.2, 0.25) is 0 Å². The van der Waals surface area contributed by atoms with Gasteiger partial charge in [-0.3, -0.25) is 0 Å². The average Bonchev–Trinajstić information content (AvgIpc) is 3.25. The highest BCUT2D eigenvalue weighted by atomic mass is 16.5. The molecule has 0 radical (unpaired) electrons. The Labute approximate surface area is 162 Å². The first-order valence-electron chi connectivity index (χ1n) is 9.18. The second-order valence-electron chi connectivity index (χ2n) is 6.76. The number of fused-ring (bicyclic) bond motifs is 1. The van der Waals surface area contributed by atoms with Gasteiger partial charge in [-0.1, -0.05) is 24.3 Å². The van der Waals surface area contributed by atoms with Gasteiger partial charge < -0.3 is 15.2 Å². The van der Waals surface area contributed by atoms with Crippen LogP contribution in [0.2, 0.25) is 0 Å². The van der Waals surface area contributed by atoms with Crippen molar-refractivity contribution >= 4 is 22.6 Å². The van der Waals surface area contributed by atoms with Crippen LogP contribution in [0.3, 0.4) is 0 Å². The zero-order valence-electron chi connectivity index (χ0n) is 15.2. The summed E-state index contributed by atoms with van der Waals surface area (Å²) >= 11 is 0. The Morgan fingerprint density at radius 3 is 2.93 bits per heavy atom. The van der Waals surface area contributed by atoms with Gasteiger partial charge in [-0.05, 0) is 42.0 Å². The van der Waals surface area contributed by atoms with E-state index in [-0.39, 0.29) is 11.7 Å². The first-order chi connectivity index (χ1) is 13.7. The molecule has 0 bridgehead atoms. The number of benzene rings is 2. The predicted octanol–water partition coefficient (Wildman–Crippen LogP) is 4.06. The molecular formula is C22H19N3O3. The molecule has 28 heavy (non-hydrogen) atoms. The minimum Gasteiger partial charge on any atom is -0.478 e. The number of carboxylic acids is 1. The minimum atomic E-state index is -0.980. The SMILES string of the molecule is N#Cc1cccc2c(-c3cccc(C(=O)O)c3)cnc(NCC3CCCO3)c12. The van der Waals surface area contributed by atoms with E-state index in [1.807, 2.05) is 18.2 Å². The molecular weight excluding hydrogens is 354 g/mol. The molecule has 1 aliphatic rings. The summed E-state index contributed by atoms with van der Waals surface area (Å²) in [7, 11) is 0. The third kappa shape index (κ3) is 3.40. The van der Waals surface area contributed by atoms with E-state index in [4.69, 9.17) is 4.74 Å². The van der Waals surface area contributed by atoms with Crippen LogP contribution in [0.15, 0.2) is 48.7 Å². The van der Waals surface area contributed by atoms with Crippen molar-refractivity contribution in [3.8, 4) is 17.2 Å². The molecule has 0 aliphatic carbocycles. The van der Waals surface area contributed by atoms with Gasteiger partial charge in [-0.15, -0.1) is 0 Å². The van der Waals surface area contributed by atoms with Crippen LogP contribution in [-0.4, -0.2) is 35.3 Å². The van der Waals surface area contributed by atoms with Crippen molar-refractivity contribution in [1.82, 2.24) is 4.98 Å². The van der Waals surface area contributed by atoms with Crippen molar-refractivity contribution in [2.24, 2.45) is 0 Å². The number of nitrogens with one attached hydrogen (secondary N) is 1. The second-order valence-corrected chi connectivity index (χ2v) is 6.76. The van der Waals surface area contributed by atoms with Crippen LogP contribution in [0.25, 0.3) is 21.9 Å². The summed E-state index contributed by atoms with van der Waals surface area (Å²) in [4.78, 5) is 15.9. The predicted molar refractivity (Wildman–Crippen MR) is 106 cm³/mol. The summed E-state index contributed by atoms with van der Waals surface area (Å²) in [5.74, 6) is -0.340. The minimum absolute atomic E-state index is 0.151. The number of nitriles is 1. The lowest BCUT2D eigenvalue weighted by molar-refractivity contribution is 0.0697. The third-order valence-electron chi connectivity index (χ3n) is 4.98. The first-order valence-corrected chi connectivity index (χ1v) is 9.18. The number of hydrogen-bond donors (Lipinski definition) is 2. The highest BCUT2D eigenvalue weighted by Gasteiger charge is 2.18. The third-order valence-corrected chi connectivity index (χ3v) is 4.98. The van der Waals surface area contributed by atoms with Gasteiger partial charge in [0.15, 0.2) is 0 Å². The first kappa shape index (κ1) is 18.0. The van der Waals surface area contributed by atoms with E-state index < -0.39 is 5.97 Å². The summed E-state index contributed by atoms with van der Waals surface area (Å²) < 4.78 is 5.66. The fourth-order valence-electron chi connectivity index (χ4n) is 3.59. The molecule has 3 aromatic rings. The molecule has 1 aromatic heterocycles. The Morgan fingerprint density at radius 2 is 2.18 bits per heavy atom. The van der Waals surface area contributed by atoms with Crippen LogP contribution in [0.4, 0.5) is 5.82 Å². The number of carbonyl (C=O) groups is 1. The van der Waals surface area contributed by atoms with Gasteiger partial charge in [0.1, 0.15) is 5.82 Å². The standard InChI is InChI=1S/C22H19N3O3/c23-11-16-6-2-8-18-19(14-4-1-5-15(10-14)22(26)27)13-25-21(20(16)18)24-12-17-7-3-9-28-17/h1-2,4-6,8,10,13,17H,3,7,9,12H2,(H,24,25)(H,26,27). The highest BCUT2D eigenvalue weighted by molar-refractivity contribution is 6.05. The lowest BCUT2D eigenvalue weighted by Crippen LogP contribution is -2.19. The molecule has 0 amide bonds. The molecule has 1 unspecified atom stereocenters. The lowest BCUT2D eigenvalue weighted by atomic mass is 9.96. The van der Waals surface area contributed by atoms with E-state index in [0.717, 1.165) is 41.3 Å². The molecule has 140 valence electrons. The molecule has 6 nitrogen and oxygen atoms in total. The number of carboxylic acid groups (broad SMARTS) is 1. The molecule has 6 heteroatoms. The Kier molecular flexibility index (Phi) is 4.92. The maximum absolute atomic E-state index is 11.3. The number of aromatic nitrogens is 1. The molecule has 1 atom stereocenters. The normalized spacial score (nSPS) is 16.0. The van der Waals surface area contributed by atoms with E-state index in [2.05, 4.69) is 16.4 Å². The summed E-state index contributed by atoms with van der Waals surface area (Å²) in [6.07, 6.45) is 3.94. The van der Waals surface area contributed by atoms with Crippen LogP contribution in [0.1, 0.15) is 28.8 Å². The van der Waals surface area contributed by atoms with Gasteiger partial charge >= 0.3 is 5.97 Å². The molecule has 0 saturated carbocycles. The topological polar surface area (TPSA) is 95.2 Å². The van der Waals surface area contributed by atoms with Crippen LogP contribution >= 0.6 is 0 Å². The van der Waals surface area contributed by atoms with Crippen molar-refractivity contribution in [1.29, 1.82) is 5.26 Å². The Hall–Kier alpha value is -3.43. The van der Waals surface area contributed by atoms with Gasteiger partial charge in [0, 0.05) is 30.3 Å². The maximum Gasteiger partial charge on any atom is 0.335 e. The van der Waals surface area contributed by atoms with Gasteiger partial charge in [0.05, 0.1) is 23.3 Å². The largest absolute Gasteiger partial charge is 0.478 e. The van der Waals surface area contributed by atoms with E-state index in [0.29, 0.717) is 17.9 Å². The fourth-order valence-corrected chi connectivity index (χ4v) is 3.59. The van der Waals surface area contributed by atoms with E-state index in [1.165, 1.54) is 0 Å². The number of nitrogens with zero attached hydrogens (tertiary/aromatic N) is 2.